The van der Waals surface area contributed by atoms with Gasteiger partial charge in [-0.15, -0.1) is 0 Å². The first-order chi connectivity index (χ1) is 16.7. The minimum Gasteiger partial charge on any atom is -0.342 e. The van der Waals surface area contributed by atoms with Crippen LogP contribution in [0.4, 0.5) is 0 Å². The molecule has 0 bridgehead atoms. The summed E-state index contributed by atoms with van der Waals surface area (Å²) >= 11 is 0. The topological polar surface area (TPSA) is 43.6 Å². The number of fused-ring (bicyclic) bond motifs is 5. The van der Waals surface area contributed by atoms with Crippen molar-refractivity contribution in [1.29, 1.82) is 0 Å². The number of benzene rings is 4. The SMILES string of the molecule is Cn1c(-c2ccc(-c3ccc4ccccc4c3)cc2)ccc2ccc3cc4ncnc4nc3c21. The van der Waals surface area contributed by atoms with E-state index in [1.165, 1.54) is 27.5 Å². The highest BCUT2D eigenvalue weighted by Gasteiger charge is 2.11. The van der Waals surface area contributed by atoms with Crippen LogP contribution in [0.3, 0.4) is 0 Å². The Morgan fingerprint density at radius 2 is 1.29 bits per heavy atom. The van der Waals surface area contributed by atoms with Gasteiger partial charge in [-0.2, -0.15) is 0 Å². The summed E-state index contributed by atoms with van der Waals surface area (Å²) < 4.78 is 2.23. The molecule has 0 spiro atoms. The van der Waals surface area contributed by atoms with Crippen LogP contribution in [0.15, 0.2) is 103 Å². The molecule has 4 nitrogen and oxygen atoms in total. The predicted molar refractivity (Wildman–Crippen MR) is 140 cm³/mol. The molecule has 34 heavy (non-hydrogen) atoms. The zero-order chi connectivity index (χ0) is 22.6. The third-order valence-corrected chi connectivity index (χ3v) is 6.71. The number of hydrogen-bond acceptors (Lipinski definition) is 3. The standard InChI is InChI=1S/C30H20N4/c1-34-27(15-14-22-11-13-25-17-26-30(32-18-31-26)33-28(25)29(22)34)21-9-6-20(7-10-21)24-12-8-19-4-2-3-5-23(19)16-24/h2-18H,1H3. The lowest BCUT2D eigenvalue weighted by atomic mass is 9.99. The molecule has 0 aliphatic carbocycles. The molecule has 0 saturated heterocycles. The maximum Gasteiger partial charge on any atom is 0.180 e. The van der Waals surface area contributed by atoms with E-state index in [-0.39, 0.29) is 0 Å². The van der Waals surface area contributed by atoms with Gasteiger partial charge in [-0.05, 0) is 45.7 Å². The van der Waals surface area contributed by atoms with Gasteiger partial charge in [0.25, 0.3) is 0 Å². The van der Waals surface area contributed by atoms with E-state index >= 15 is 0 Å². The van der Waals surface area contributed by atoms with Gasteiger partial charge in [0.2, 0.25) is 0 Å². The first-order valence-corrected chi connectivity index (χ1v) is 11.3. The molecule has 0 amide bonds. The fourth-order valence-corrected chi connectivity index (χ4v) is 4.94. The lowest BCUT2D eigenvalue weighted by Crippen LogP contribution is -2.00. The van der Waals surface area contributed by atoms with E-state index in [2.05, 4.69) is 119 Å². The molecule has 0 N–H and O–H groups in total. The Labute approximate surface area is 196 Å². The first-order valence-electron chi connectivity index (χ1n) is 11.3. The van der Waals surface area contributed by atoms with Gasteiger partial charge in [0.15, 0.2) is 5.65 Å². The number of pyridine rings is 2. The van der Waals surface area contributed by atoms with Crippen LogP contribution in [-0.2, 0) is 7.05 Å². The van der Waals surface area contributed by atoms with Crippen molar-refractivity contribution in [2.24, 2.45) is 7.05 Å². The molecule has 0 fully saturated rings. The van der Waals surface area contributed by atoms with Gasteiger partial charge in [0.1, 0.15) is 11.8 Å². The molecule has 160 valence electrons. The maximum absolute atomic E-state index is 4.85. The fraction of sp³-hybridized carbons (Fsp3) is 0.0333. The van der Waals surface area contributed by atoms with Crippen LogP contribution in [0, 0.1) is 0 Å². The van der Waals surface area contributed by atoms with Crippen molar-refractivity contribution in [3.8, 4) is 22.4 Å². The molecule has 4 heteroatoms. The van der Waals surface area contributed by atoms with E-state index in [9.17, 15) is 0 Å². The van der Waals surface area contributed by atoms with E-state index in [0.29, 0.717) is 5.65 Å². The first kappa shape index (κ1) is 18.9. The second-order valence-corrected chi connectivity index (χ2v) is 8.70. The molecule has 4 aromatic carbocycles. The Morgan fingerprint density at radius 1 is 0.588 bits per heavy atom. The van der Waals surface area contributed by atoms with Crippen molar-refractivity contribution >= 4 is 43.7 Å². The van der Waals surface area contributed by atoms with Crippen molar-refractivity contribution in [3.63, 3.8) is 0 Å². The molecule has 0 atom stereocenters. The largest absolute Gasteiger partial charge is 0.342 e. The van der Waals surface area contributed by atoms with Crippen molar-refractivity contribution in [2.75, 3.05) is 0 Å². The average molecular weight is 437 g/mol. The van der Waals surface area contributed by atoms with Crippen molar-refractivity contribution in [2.45, 2.75) is 0 Å². The van der Waals surface area contributed by atoms with Gasteiger partial charge in [0, 0.05) is 23.5 Å². The number of imidazole rings is 1. The quantitative estimate of drug-likeness (QED) is 0.270. The van der Waals surface area contributed by atoms with Crippen LogP contribution >= 0.6 is 0 Å². The zero-order valence-corrected chi connectivity index (χ0v) is 18.6. The zero-order valence-electron chi connectivity index (χ0n) is 18.6. The molecule has 0 saturated carbocycles. The summed E-state index contributed by atoms with van der Waals surface area (Å²) in [6, 6.07) is 34.6. The van der Waals surface area contributed by atoms with Crippen LogP contribution in [0.5, 0.6) is 0 Å². The number of hydrogen-bond donors (Lipinski definition) is 0. The molecular weight excluding hydrogens is 416 g/mol. The Balaban J connectivity index is 1.36. The molecule has 0 aliphatic heterocycles. The van der Waals surface area contributed by atoms with E-state index in [4.69, 9.17) is 4.98 Å². The average Bonchev–Trinajstić information content (AvgIpc) is 3.35. The molecular formula is C30H20N4. The Morgan fingerprint density at radius 3 is 2.18 bits per heavy atom. The fourth-order valence-electron chi connectivity index (χ4n) is 4.94. The van der Waals surface area contributed by atoms with Gasteiger partial charge < -0.3 is 4.57 Å². The van der Waals surface area contributed by atoms with Crippen LogP contribution in [0.1, 0.15) is 0 Å². The predicted octanol–water partition coefficient (Wildman–Crippen LogP) is 7.16. The number of nitrogens with zero attached hydrogens (tertiary/aromatic N) is 4. The summed E-state index contributed by atoms with van der Waals surface area (Å²) in [6.45, 7) is 0. The Bertz CT molecular complexity index is 1860. The highest BCUT2D eigenvalue weighted by Crippen LogP contribution is 2.31. The molecule has 0 unspecified atom stereocenters. The van der Waals surface area contributed by atoms with Crippen LogP contribution < -0.4 is 0 Å². The summed E-state index contributed by atoms with van der Waals surface area (Å²) in [6.07, 6.45) is 1.57. The van der Waals surface area contributed by atoms with Gasteiger partial charge in [-0.25, -0.2) is 15.0 Å². The summed E-state index contributed by atoms with van der Waals surface area (Å²) in [5.41, 5.74) is 8.30. The van der Waals surface area contributed by atoms with Crippen molar-refractivity contribution in [3.05, 3.63) is 103 Å². The Kier molecular flexibility index (Phi) is 4.02. The number of rotatable bonds is 2. The Hall–Kier alpha value is -4.57. The second-order valence-electron chi connectivity index (χ2n) is 8.70. The van der Waals surface area contributed by atoms with Crippen LogP contribution in [0.25, 0.3) is 66.1 Å². The van der Waals surface area contributed by atoms with E-state index in [1.54, 1.807) is 6.33 Å². The molecule has 3 heterocycles. The van der Waals surface area contributed by atoms with Gasteiger partial charge in [-0.3, -0.25) is 0 Å². The normalized spacial score (nSPS) is 11.7. The van der Waals surface area contributed by atoms with E-state index in [0.717, 1.165) is 33.0 Å². The van der Waals surface area contributed by atoms with Crippen LogP contribution in [0.2, 0.25) is 0 Å². The third kappa shape index (κ3) is 2.89. The molecule has 7 aromatic rings. The summed E-state index contributed by atoms with van der Waals surface area (Å²) in [4.78, 5) is 13.5. The maximum atomic E-state index is 4.85. The number of aryl methyl sites for hydroxylation is 1. The summed E-state index contributed by atoms with van der Waals surface area (Å²) in [5, 5.41) is 4.74. The van der Waals surface area contributed by atoms with Crippen molar-refractivity contribution in [1.82, 2.24) is 19.5 Å². The van der Waals surface area contributed by atoms with Crippen molar-refractivity contribution < 1.29 is 0 Å². The lowest BCUT2D eigenvalue weighted by molar-refractivity contribution is 0.966. The van der Waals surface area contributed by atoms with Gasteiger partial charge in [0.05, 0.1) is 11.0 Å². The monoisotopic (exact) mass is 436 g/mol. The minimum absolute atomic E-state index is 0.685. The molecule has 7 rings (SSSR count). The van der Waals surface area contributed by atoms with E-state index in [1.807, 2.05) is 0 Å². The van der Waals surface area contributed by atoms with Gasteiger partial charge in [-0.1, -0.05) is 78.9 Å². The third-order valence-electron chi connectivity index (χ3n) is 6.71. The highest BCUT2D eigenvalue weighted by atomic mass is 15.0. The smallest absolute Gasteiger partial charge is 0.180 e. The minimum atomic E-state index is 0.685. The summed E-state index contributed by atoms with van der Waals surface area (Å²) in [7, 11) is 2.11. The van der Waals surface area contributed by atoms with Crippen LogP contribution in [-0.4, -0.2) is 19.5 Å². The highest BCUT2D eigenvalue weighted by molar-refractivity contribution is 6.06. The second kappa shape index (κ2) is 7.22. The molecule has 3 aromatic heterocycles. The molecule has 0 radical (unpaired) electrons. The molecule has 0 aliphatic rings. The van der Waals surface area contributed by atoms with Gasteiger partial charge >= 0.3 is 0 Å². The number of aromatic nitrogens is 4. The lowest BCUT2D eigenvalue weighted by Gasteiger charge is -2.15. The van der Waals surface area contributed by atoms with E-state index < -0.39 is 0 Å². The summed E-state index contributed by atoms with van der Waals surface area (Å²) in [5.74, 6) is 0.